The second-order valence-electron chi connectivity index (χ2n) is 5.65. The van der Waals surface area contributed by atoms with Crippen molar-refractivity contribution in [2.45, 2.75) is 18.7 Å². The molecule has 2 heterocycles. The number of amides is 1. The van der Waals surface area contributed by atoms with E-state index in [1.165, 1.54) is 19.9 Å². The molecule has 1 N–H and O–H groups in total. The van der Waals surface area contributed by atoms with Gasteiger partial charge in [-0.1, -0.05) is 22.8 Å². The molecular weight excluding hydrogens is 380 g/mol. The lowest BCUT2D eigenvalue weighted by Crippen LogP contribution is -2.29. The van der Waals surface area contributed by atoms with Crippen LogP contribution in [0.1, 0.15) is 17.0 Å². The van der Waals surface area contributed by atoms with E-state index in [9.17, 15) is 13.2 Å². The van der Waals surface area contributed by atoms with Gasteiger partial charge in [0.15, 0.2) is 10.7 Å². The second kappa shape index (κ2) is 6.97. The topological polar surface area (TPSA) is 98.5 Å². The van der Waals surface area contributed by atoms with Crippen molar-refractivity contribution in [1.82, 2.24) is 9.88 Å². The number of nitrogens with zero attached hydrogens (tertiary/aromatic N) is 1. The first-order valence-corrected chi connectivity index (χ1v) is 9.43. The zero-order valence-electron chi connectivity index (χ0n) is 13.9. The van der Waals surface area contributed by atoms with Gasteiger partial charge < -0.3 is 9.26 Å². The number of benzene rings is 1. The highest BCUT2D eigenvalue weighted by Gasteiger charge is 2.25. The molecule has 1 aliphatic rings. The van der Waals surface area contributed by atoms with E-state index in [1.54, 1.807) is 18.2 Å². The third-order valence-electron chi connectivity index (χ3n) is 3.63. The highest BCUT2D eigenvalue weighted by molar-refractivity contribution is 7.90. The van der Waals surface area contributed by atoms with Gasteiger partial charge in [0.05, 0.1) is 0 Å². The van der Waals surface area contributed by atoms with Crippen LogP contribution in [0.5, 0.6) is 5.75 Å². The summed E-state index contributed by atoms with van der Waals surface area (Å²) >= 11 is 5.95. The van der Waals surface area contributed by atoms with Crippen LogP contribution in [0.2, 0.25) is 5.02 Å². The summed E-state index contributed by atoms with van der Waals surface area (Å²) < 4.78 is 36.9. The molecule has 3 rings (SSSR count). The second-order valence-corrected chi connectivity index (χ2v) is 7.70. The number of nitrogens with one attached hydrogen (secondary N) is 1. The number of sulfonamides is 1. The number of aryl methyl sites for hydroxylation is 2. The molecule has 0 radical (unpaired) electrons. The van der Waals surface area contributed by atoms with Gasteiger partial charge in [0, 0.05) is 16.7 Å². The third-order valence-corrected chi connectivity index (χ3v) is 5.45. The number of halogens is 1. The van der Waals surface area contributed by atoms with Crippen molar-refractivity contribution in [3.8, 4) is 5.75 Å². The van der Waals surface area contributed by atoms with Crippen molar-refractivity contribution in [3.63, 3.8) is 0 Å². The Morgan fingerprint density at radius 3 is 2.81 bits per heavy atom. The maximum Gasteiger partial charge on any atom is 0.269 e. The molecular formula is C17H15ClN2O5S. The minimum absolute atomic E-state index is 0.114. The summed E-state index contributed by atoms with van der Waals surface area (Å²) in [7, 11) is -4.06. The van der Waals surface area contributed by atoms with Crippen LogP contribution >= 0.6 is 11.6 Å². The zero-order valence-corrected chi connectivity index (χ0v) is 15.5. The number of aromatic nitrogens is 1. The van der Waals surface area contributed by atoms with Crippen molar-refractivity contribution < 1.29 is 22.5 Å². The van der Waals surface area contributed by atoms with Crippen molar-refractivity contribution in [2.75, 3.05) is 6.61 Å². The lowest BCUT2D eigenvalue weighted by Gasteiger charge is -2.16. The number of ether oxygens (including phenoxy) is 1. The maximum absolute atomic E-state index is 12.3. The van der Waals surface area contributed by atoms with Gasteiger partial charge in [-0.25, -0.2) is 13.1 Å². The van der Waals surface area contributed by atoms with E-state index in [1.807, 2.05) is 10.8 Å². The number of fused-ring (bicyclic) bond motifs is 1. The average Bonchev–Trinajstić information content (AvgIpc) is 2.91. The summed E-state index contributed by atoms with van der Waals surface area (Å²) in [4.78, 5) is 11.9. The van der Waals surface area contributed by atoms with Gasteiger partial charge in [0.2, 0.25) is 0 Å². The lowest BCUT2D eigenvalue weighted by molar-refractivity contribution is -0.114. The quantitative estimate of drug-likeness (QED) is 0.800. The van der Waals surface area contributed by atoms with E-state index in [4.69, 9.17) is 20.9 Å². The third kappa shape index (κ3) is 3.81. The van der Waals surface area contributed by atoms with E-state index in [2.05, 4.69) is 5.16 Å². The van der Waals surface area contributed by atoms with Crippen LogP contribution in [-0.2, 0) is 14.8 Å². The van der Waals surface area contributed by atoms with Crippen molar-refractivity contribution in [1.29, 1.82) is 0 Å². The first-order chi connectivity index (χ1) is 12.3. The minimum atomic E-state index is -4.06. The Morgan fingerprint density at radius 2 is 2.12 bits per heavy atom. The molecule has 26 heavy (non-hydrogen) atoms. The fourth-order valence-corrected chi connectivity index (χ4v) is 3.98. The molecule has 9 heteroatoms. The largest absolute Gasteiger partial charge is 0.488 e. The molecule has 0 spiro atoms. The first kappa shape index (κ1) is 18.2. The molecule has 1 aliphatic heterocycles. The van der Waals surface area contributed by atoms with E-state index < -0.39 is 15.9 Å². The van der Waals surface area contributed by atoms with E-state index in [0.29, 0.717) is 16.3 Å². The lowest BCUT2D eigenvalue weighted by atomic mass is 10.1. The minimum Gasteiger partial charge on any atom is -0.488 e. The summed E-state index contributed by atoms with van der Waals surface area (Å²) in [5.41, 5.74) is 1.67. The molecule has 0 fully saturated rings. The highest BCUT2D eigenvalue weighted by Crippen LogP contribution is 2.29. The summed E-state index contributed by atoms with van der Waals surface area (Å²) in [5, 5.41) is 4.14. The van der Waals surface area contributed by atoms with Crippen molar-refractivity contribution in [2.24, 2.45) is 0 Å². The smallest absolute Gasteiger partial charge is 0.269 e. The number of carbonyl (C=O) groups is 1. The van der Waals surface area contributed by atoms with Crippen LogP contribution in [-0.4, -0.2) is 26.1 Å². The maximum atomic E-state index is 12.3. The Hall–Kier alpha value is -2.58. The predicted octanol–water partition coefficient (Wildman–Crippen LogP) is 2.78. The first-order valence-electron chi connectivity index (χ1n) is 7.57. The van der Waals surface area contributed by atoms with Crippen LogP contribution < -0.4 is 9.46 Å². The zero-order chi connectivity index (χ0) is 18.9. The molecule has 0 aliphatic carbocycles. The molecule has 136 valence electrons. The summed E-state index contributed by atoms with van der Waals surface area (Å²) in [6, 6.07) is 5.23. The van der Waals surface area contributed by atoms with Crippen molar-refractivity contribution >= 4 is 33.6 Å². The fraction of sp³-hybridized carbons (Fsp3) is 0.176. The molecule has 1 amide bonds. The van der Waals surface area contributed by atoms with Gasteiger partial charge in [-0.3, -0.25) is 4.79 Å². The van der Waals surface area contributed by atoms with Crippen LogP contribution in [0, 0.1) is 13.8 Å². The van der Waals surface area contributed by atoms with Gasteiger partial charge in [-0.2, -0.15) is 0 Å². The normalized spacial score (nSPS) is 13.9. The van der Waals surface area contributed by atoms with Gasteiger partial charge in [-0.15, -0.1) is 0 Å². The fourth-order valence-electron chi connectivity index (χ4n) is 2.52. The molecule has 7 nitrogen and oxygen atoms in total. The molecule has 0 bridgehead atoms. The Morgan fingerprint density at radius 1 is 1.35 bits per heavy atom. The van der Waals surface area contributed by atoms with Crippen LogP contribution in [0.3, 0.4) is 0 Å². The molecule has 0 saturated heterocycles. The van der Waals surface area contributed by atoms with Crippen LogP contribution in [0.4, 0.5) is 0 Å². The Labute approximate surface area is 155 Å². The number of rotatable bonds is 4. The average molecular weight is 395 g/mol. The summed E-state index contributed by atoms with van der Waals surface area (Å²) in [6.07, 6.45) is 4.43. The monoisotopic (exact) mass is 394 g/mol. The van der Waals surface area contributed by atoms with Gasteiger partial charge in [0.25, 0.3) is 15.9 Å². The SMILES string of the molecule is Cc1noc(C)c1S(=O)(=O)NC(=O)C=CC1=Cc2cc(Cl)ccc2OC1. The predicted molar refractivity (Wildman–Crippen MR) is 95.4 cm³/mol. The Bertz CT molecular complexity index is 1020. The standard InChI is InChI=1S/C17H15ClN2O5S/c1-10-17(11(2)25-19-10)26(22,23)20-16(21)6-3-12-7-13-8-14(18)4-5-15(13)24-9-12/h3-8H,9H2,1-2H3,(H,20,21). The highest BCUT2D eigenvalue weighted by atomic mass is 35.5. The summed E-state index contributed by atoms with van der Waals surface area (Å²) in [6.45, 7) is 3.20. The van der Waals surface area contributed by atoms with E-state index in [0.717, 1.165) is 11.6 Å². The molecule has 0 unspecified atom stereocenters. The molecule has 0 atom stereocenters. The molecule has 2 aromatic rings. The number of hydrogen-bond acceptors (Lipinski definition) is 6. The number of hydrogen-bond donors (Lipinski definition) is 1. The summed E-state index contributed by atoms with van der Waals surface area (Å²) in [5.74, 6) is 0.0171. The van der Waals surface area contributed by atoms with Crippen LogP contribution in [0.25, 0.3) is 6.08 Å². The molecule has 1 aromatic heterocycles. The van der Waals surface area contributed by atoms with Crippen LogP contribution in [0.15, 0.2) is 45.3 Å². The van der Waals surface area contributed by atoms with Crippen molar-refractivity contribution in [3.05, 3.63) is 58.0 Å². The molecule has 1 aromatic carbocycles. The Kier molecular flexibility index (Phi) is 4.88. The van der Waals surface area contributed by atoms with Gasteiger partial charge in [0.1, 0.15) is 18.1 Å². The van der Waals surface area contributed by atoms with E-state index >= 15 is 0 Å². The molecule has 0 saturated carbocycles. The van der Waals surface area contributed by atoms with Gasteiger partial charge >= 0.3 is 0 Å². The Balaban J connectivity index is 1.74. The number of carbonyl (C=O) groups excluding carboxylic acids is 1. The van der Waals surface area contributed by atoms with E-state index in [-0.39, 0.29) is 23.0 Å². The van der Waals surface area contributed by atoms with Gasteiger partial charge in [-0.05, 0) is 43.7 Å².